The molecule has 0 atom stereocenters. The molecule has 3 aromatic heterocycles. The molecule has 0 radical (unpaired) electrons. The van der Waals surface area contributed by atoms with Gasteiger partial charge in [-0.3, -0.25) is 9.97 Å². The molecule has 1 N–H and O–H groups in total. The molecule has 0 aliphatic carbocycles. The highest BCUT2D eigenvalue weighted by Gasteiger charge is 2.14. The third kappa shape index (κ3) is 3.98. The Morgan fingerprint density at radius 2 is 1.68 bits per heavy atom. The summed E-state index contributed by atoms with van der Waals surface area (Å²) >= 11 is 0. The van der Waals surface area contributed by atoms with Crippen LogP contribution in [0.15, 0.2) is 91.4 Å². The molecule has 0 bridgehead atoms. The zero-order valence-electron chi connectivity index (χ0n) is 17.2. The normalized spacial score (nSPS) is 10.9. The van der Waals surface area contributed by atoms with E-state index in [9.17, 15) is 0 Å². The Balaban J connectivity index is 1.68. The molecule has 5 aromatic rings. The van der Waals surface area contributed by atoms with Crippen LogP contribution in [0, 0.1) is 6.92 Å². The minimum absolute atomic E-state index is 0.571. The van der Waals surface area contributed by atoms with Gasteiger partial charge in [-0.2, -0.15) is 0 Å². The second-order valence-corrected chi connectivity index (χ2v) is 7.39. The number of rotatable bonds is 5. The second-order valence-electron chi connectivity index (χ2n) is 7.39. The van der Waals surface area contributed by atoms with Crippen molar-refractivity contribution >= 4 is 16.7 Å². The molecular weight excluding hydrogens is 382 g/mol. The molecule has 0 spiro atoms. The minimum Gasteiger partial charge on any atom is -0.364 e. The van der Waals surface area contributed by atoms with E-state index in [1.54, 1.807) is 12.4 Å². The molecule has 0 saturated heterocycles. The summed E-state index contributed by atoms with van der Waals surface area (Å²) in [6.07, 6.45) is 5.43. The Hall–Kier alpha value is -4.12. The van der Waals surface area contributed by atoms with Crippen molar-refractivity contribution < 1.29 is 0 Å². The number of aromatic nitrogens is 4. The average molecular weight is 403 g/mol. The molecule has 0 amide bonds. The van der Waals surface area contributed by atoms with E-state index in [4.69, 9.17) is 9.97 Å². The molecule has 0 aliphatic rings. The SMILES string of the molecule is Cc1cncc(-c2nc(NCc3ccccn3)c3c(-c4ccccc4)cccc3n2)c1. The van der Waals surface area contributed by atoms with Crippen molar-refractivity contribution in [2.75, 3.05) is 5.32 Å². The lowest BCUT2D eigenvalue weighted by Crippen LogP contribution is -2.06. The number of nitrogens with zero attached hydrogens (tertiary/aromatic N) is 4. The van der Waals surface area contributed by atoms with Gasteiger partial charge < -0.3 is 5.32 Å². The van der Waals surface area contributed by atoms with E-state index in [0.29, 0.717) is 12.4 Å². The molecular formula is C26H21N5. The van der Waals surface area contributed by atoms with Gasteiger partial charge in [0.15, 0.2) is 5.82 Å². The number of hydrogen-bond donors (Lipinski definition) is 1. The summed E-state index contributed by atoms with van der Waals surface area (Å²) in [7, 11) is 0. The highest BCUT2D eigenvalue weighted by atomic mass is 15.0. The van der Waals surface area contributed by atoms with E-state index in [1.807, 2.05) is 61.7 Å². The average Bonchev–Trinajstić information content (AvgIpc) is 2.83. The topological polar surface area (TPSA) is 63.6 Å². The maximum atomic E-state index is 4.92. The van der Waals surface area contributed by atoms with Gasteiger partial charge in [-0.15, -0.1) is 0 Å². The fourth-order valence-electron chi connectivity index (χ4n) is 3.65. The summed E-state index contributed by atoms with van der Waals surface area (Å²) < 4.78 is 0. The quantitative estimate of drug-likeness (QED) is 0.409. The molecule has 0 unspecified atom stereocenters. The van der Waals surface area contributed by atoms with Gasteiger partial charge in [-0.25, -0.2) is 9.97 Å². The van der Waals surface area contributed by atoms with Gasteiger partial charge in [0.05, 0.1) is 23.1 Å². The Kier molecular flexibility index (Phi) is 5.07. The molecule has 150 valence electrons. The first-order chi connectivity index (χ1) is 15.3. The fourth-order valence-corrected chi connectivity index (χ4v) is 3.65. The van der Waals surface area contributed by atoms with Crippen LogP contribution in [0.3, 0.4) is 0 Å². The molecule has 31 heavy (non-hydrogen) atoms. The van der Waals surface area contributed by atoms with Crippen LogP contribution in [-0.4, -0.2) is 19.9 Å². The second kappa shape index (κ2) is 8.32. The van der Waals surface area contributed by atoms with Crippen molar-refractivity contribution in [3.63, 3.8) is 0 Å². The van der Waals surface area contributed by atoms with E-state index < -0.39 is 0 Å². The molecule has 0 saturated carbocycles. The van der Waals surface area contributed by atoms with Crippen LogP contribution in [0.1, 0.15) is 11.3 Å². The number of nitrogens with one attached hydrogen (secondary N) is 1. The first-order valence-electron chi connectivity index (χ1n) is 10.2. The van der Waals surface area contributed by atoms with Gasteiger partial charge in [0.25, 0.3) is 0 Å². The number of pyridine rings is 2. The van der Waals surface area contributed by atoms with E-state index in [1.165, 1.54) is 0 Å². The lowest BCUT2D eigenvalue weighted by molar-refractivity contribution is 1.03. The fraction of sp³-hybridized carbons (Fsp3) is 0.0769. The number of hydrogen-bond acceptors (Lipinski definition) is 5. The summed E-state index contributed by atoms with van der Waals surface area (Å²) in [6.45, 7) is 2.59. The van der Waals surface area contributed by atoms with E-state index in [0.717, 1.165) is 44.7 Å². The van der Waals surface area contributed by atoms with E-state index in [2.05, 4.69) is 39.6 Å². The molecule has 2 aromatic carbocycles. The van der Waals surface area contributed by atoms with Crippen molar-refractivity contribution in [1.29, 1.82) is 0 Å². The smallest absolute Gasteiger partial charge is 0.163 e. The van der Waals surface area contributed by atoms with Gasteiger partial charge in [-0.1, -0.05) is 48.5 Å². The lowest BCUT2D eigenvalue weighted by Gasteiger charge is -2.14. The Bertz CT molecular complexity index is 1330. The van der Waals surface area contributed by atoms with Crippen LogP contribution in [0.25, 0.3) is 33.4 Å². The van der Waals surface area contributed by atoms with Crippen molar-refractivity contribution in [2.45, 2.75) is 13.5 Å². The molecule has 0 aliphatic heterocycles. The highest BCUT2D eigenvalue weighted by Crippen LogP contribution is 2.34. The summed E-state index contributed by atoms with van der Waals surface area (Å²) in [4.78, 5) is 18.6. The van der Waals surface area contributed by atoms with Crippen LogP contribution in [0.2, 0.25) is 0 Å². The van der Waals surface area contributed by atoms with Gasteiger partial charge in [0.2, 0.25) is 0 Å². The van der Waals surface area contributed by atoms with Crippen molar-refractivity contribution in [3.05, 3.63) is 103 Å². The predicted molar refractivity (Wildman–Crippen MR) is 125 cm³/mol. The minimum atomic E-state index is 0.571. The predicted octanol–water partition coefficient (Wildman–Crippen LogP) is 5.67. The first-order valence-corrected chi connectivity index (χ1v) is 10.2. The third-order valence-corrected chi connectivity index (χ3v) is 5.10. The molecule has 5 nitrogen and oxygen atoms in total. The van der Waals surface area contributed by atoms with Crippen LogP contribution >= 0.6 is 0 Å². The van der Waals surface area contributed by atoms with Crippen LogP contribution in [0.4, 0.5) is 5.82 Å². The van der Waals surface area contributed by atoms with Crippen LogP contribution in [-0.2, 0) is 6.54 Å². The van der Waals surface area contributed by atoms with Crippen molar-refractivity contribution in [1.82, 2.24) is 19.9 Å². The number of aryl methyl sites for hydroxylation is 1. The lowest BCUT2D eigenvalue weighted by atomic mass is 10.0. The summed E-state index contributed by atoms with van der Waals surface area (Å²) in [5, 5.41) is 4.50. The Morgan fingerprint density at radius 3 is 2.48 bits per heavy atom. The van der Waals surface area contributed by atoms with Crippen molar-refractivity contribution in [2.24, 2.45) is 0 Å². The maximum absolute atomic E-state index is 4.92. The maximum Gasteiger partial charge on any atom is 0.163 e. The first kappa shape index (κ1) is 18.9. The molecule has 0 fully saturated rings. The zero-order chi connectivity index (χ0) is 21.0. The van der Waals surface area contributed by atoms with E-state index in [-0.39, 0.29) is 0 Å². The number of anilines is 1. The molecule has 5 heteroatoms. The van der Waals surface area contributed by atoms with Crippen LogP contribution < -0.4 is 5.32 Å². The van der Waals surface area contributed by atoms with Gasteiger partial charge in [0.1, 0.15) is 5.82 Å². The Labute approximate surface area is 180 Å². The van der Waals surface area contributed by atoms with Gasteiger partial charge >= 0.3 is 0 Å². The van der Waals surface area contributed by atoms with Crippen molar-refractivity contribution in [3.8, 4) is 22.5 Å². The molecule has 5 rings (SSSR count). The van der Waals surface area contributed by atoms with E-state index >= 15 is 0 Å². The Morgan fingerprint density at radius 1 is 0.806 bits per heavy atom. The largest absolute Gasteiger partial charge is 0.364 e. The van der Waals surface area contributed by atoms with Gasteiger partial charge in [0, 0.05) is 24.2 Å². The summed E-state index contributed by atoms with van der Waals surface area (Å²) in [5.74, 6) is 1.43. The highest BCUT2D eigenvalue weighted by molar-refractivity contribution is 6.02. The zero-order valence-corrected chi connectivity index (χ0v) is 17.2. The summed E-state index contributed by atoms with van der Waals surface area (Å²) in [5.41, 5.74) is 6.02. The standard InChI is InChI=1S/C26H21N5/c1-18-14-20(16-27-15-18)25-30-23-12-7-11-22(19-8-3-2-4-9-19)24(23)26(31-25)29-17-21-10-5-6-13-28-21/h2-16H,17H2,1H3,(H,29,30,31). The number of fused-ring (bicyclic) bond motifs is 1. The number of benzene rings is 2. The summed E-state index contributed by atoms with van der Waals surface area (Å²) in [6, 6.07) is 24.5. The third-order valence-electron chi connectivity index (χ3n) is 5.10. The monoisotopic (exact) mass is 403 g/mol. The van der Waals surface area contributed by atoms with Crippen LogP contribution in [0.5, 0.6) is 0 Å². The molecule has 3 heterocycles. The van der Waals surface area contributed by atoms with Gasteiger partial charge in [-0.05, 0) is 47.9 Å².